The summed E-state index contributed by atoms with van der Waals surface area (Å²) in [7, 11) is 0. The highest BCUT2D eigenvalue weighted by Crippen LogP contribution is 2.22. The predicted octanol–water partition coefficient (Wildman–Crippen LogP) is 0.338. The fraction of sp³-hybridized carbons (Fsp3) is 0.471. The molecule has 24 heavy (non-hydrogen) atoms. The summed E-state index contributed by atoms with van der Waals surface area (Å²) in [6, 6.07) is 6.67. The second kappa shape index (κ2) is 6.90. The summed E-state index contributed by atoms with van der Waals surface area (Å²) in [6.45, 7) is 3.28. The highest BCUT2D eigenvalue weighted by molar-refractivity contribution is 6.00. The van der Waals surface area contributed by atoms with Gasteiger partial charge in [0, 0.05) is 24.8 Å². The third-order valence-corrected chi connectivity index (χ3v) is 4.41. The molecule has 2 atom stereocenters. The van der Waals surface area contributed by atoms with Gasteiger partial charge in [0.25, 0.3) is 5.91 Å². The molecule has 2 aliphatic rings. The molecular formula is C17H22N4O3. The molecule has 2 fully saturated rings. The Morgan fingerprint density at radius 1 is 1.33 bits per heavy atom. The lowest BCUT2D eigenvalue weighted by Gasteiger charge is -2.28. The number of piperazine rings is 1. The molecule has 0 spiro atoms. The molecule has 3 amide bonds. The van der Waals surface area contributed by atoms with E-state index in [0.29, 0.717) is 18.5 Å². The number of rotatable bonds is 5. The summed E-state index contributed by atoms with van der Waals surface area (Å²) in [6.07, 6.45) is 1.42. The summed E-state index contributed by atoms with van der Waals surface area (Å²) in [5.74, 6) is -0.426. The number of nitrogens with one attached hydrogen (secondary N) is 3. The van der Waals surface area contributed by atoms with E-state index >= 15 is 0 Å². The van der Waals surface area contributed by atoms with Crippen molar-refractivity contribution in [1.82, 2.24) is 15.5 Å². The first-order valence-electron chi connectivity index (χ1n) is 8.31. The Balaban J connectivity index is 1.68. The number of fused-ring (bicyclic) bond motifs is 1. The topological polar surface area (TPSA) is 90.5 Å². The van der Waals surface area contributed by atoms with E-state index in [1.165, 1.54) is 0 Å². The van der Waals surface area contributed by atoms with Gasteiger partial charge in [-0.1, -0.05) is 19.1 Å². The van der Waals surface area contributed by atoms with Gasteiger partial charge in [0.05, 0.1) is 12.1 Å². The molecule has 3 rings (SSSR count). The van der Waals surface area contributed by atoms with E-state index in [-0.39, 0.29) is 30.3 Å². The van der Waals surface area contributed by atoms with Crippen LogP contribution in [0.4, 0.5) is 5.69 Å². The smallest absolute Gasteiger partial charge is 0.253 e. The van der Waals surface area contributed by atoms with Crippen LogP contribution in [0.25, 0.3) is 0 Å². The molecule has 2 heterocycles. The Morgan fingerprint density at radius 3 is 2.88 bits per heavy atom. The van der Waals surface area contributed by atoms with Crippen LogP contribution in [0.1, 0.15) is 30.1 Å². The van der Waals surface area contributed by atoms with Crippen molar-refractivity contribution in [2.24, 2.45) is 0 Å². The first-order valence-corrected chi connectivity index (χ1v) is 8.31. The number of carbonyl (C=O) groups is 3. The first kappa shape index (κ1) is 16.3. The summed E-state index contributed by atoms with van der Waals surface area (Å²) in [4.78, 5) is 37.9. The number of hydrogen-bond acceptors (Lipinski definition) is 4. The van der Waals surface area contributed by atoms with E-state index in [1.54, 1.807) is 11.0 Å². The molecule has 3 N–H and O–H groups in total. The molecule has 0 aliphatic carbocycles. The van der Waals surface area contributed by atoms with Gasteiger partial charge in [-0.25, -0.2) is 0 Å². The largest absolute Gasteiger partial charge is 0.384 e. The minimum Gasteiger partial charge on any atom is -0.384 e. The zero-order valence-electron chi connectivity index (χ0n) is 13.7. The minimum absolute atomic E-state index is 0.0414. The van der Waals surface area contributed by atoms with Gasteiger partial charge < -0.3 is 20.9 Å². The number of hydrogen-bond donors (Lipinski definition) is 3. The van der Waals surface area contributed by atoms with E-state index in [0.717, 1.165) is 18.7 Å². The van der Waals surface area contributed by atoms with E-state index in [2.05, 4.69) is 22.9 Å². The summed E-state index contributed by atoms with van der Waals surface area (Å²) in [5.41, 5.74) is 1.37. The van der Waals surface area contributed by atoms with Crippen LogP contribution in [-0.4, -0.2) is 54.3 Å². The SMILES string of the molecule is CCCNc1ccccc1C(=O)N[C@@H]1C[C@H]2C(=O)NCC(=O)N2C1. The summed E-state index contributed by atoms with van der Waals surface area (Å²) >= 11 is 0. The van der Waals surface area contributed by atoms with Gasteiger partial charge in [-0.3, -0.25) is 14.4 Å². The number of amides is 3. The van der Waals surface area contributed by atoms with Crippen LogP contribution in [0.15, 0.2) is 24.3 Å². The maximum atomic E-state index is 12.6. The Kier molecular flexibility index (Phi) is 4.69. The molecule has 0 saturated carbocycles. The molecule has 1 aromatic carbocycles. The van der Waals surface area contributed by atoms with Crippen molar-refractivity contribution < 1.29 is 14.4 Å². The van der Waals surface area contributed by atoms with Crippen molar-refractivity contribution in [3.63, 3.8) is 0 Å². The second-order valence-corrected chi connectivity index (χ2v) is 6.16. The van der Waals surface area contributed by atoms with Crippen molar-refractivity contribution in [2.75, 3.05) is 25.0 Å². The maximum absolute atomic E-state index is 12.6. The second-order valence-electron chi connectivity index (χ2n) is 6.16. The molecule has 2 aliphatic heterocycles. The van der Waals surface area contributed by atoms with Crippen LogP contribution >= 0.6 is 0 Å². The fourth-order valence-corrected chi connectivity index (χ4v) is 3.20. The van der Waals surface area contributed by atoms with Crippen molar-refractivity contribution in [1.29, 1.82) is 0 Å². The predicted molar refractivity (Wildman–Crippen MR) is 89.6 cm³/mol. The zero-order valence-corrected chi connectivity index (χ0v) is 13.7. The van der Waals surface area contributed by atoms with Gasteiger partial charge in [0.15, 0.2) is 0 Å². The lowest BCUT2D eigenvalue weighted by molar-refractivity contribution is -0.143. The molecule has 1 aromatic rings. The Morgan fingerprint density at radius 2 is 2.12 bits per heavy atom. The van der Waals surface area contributed by atoms with E-state index in [4.69, 9.17) is 0 Å². The molecule has 0 aromatic heterocycles. The van der Waals surface area contributed by atoms with Crippen molar-refractivity contribution in [2.45, 2.75) is 31.8 Å². The molecule has 7 nitrogen and oxygen atoms in total. The van der Waals surface area contributed by atoms with Crippen LogP contribution in [0.3, 0.4) is 0 Å². The monoisotopic (exact) mass is 330 g/mol. The molecular weight excluding hydrogens is 308 g/mol. The van der Waals surface area contributed by atoms with Crippen LogP contribution in [0, 0.1) is 0 Å². The molecule has 2 saturated heterocycles. The van der Waals surface area contributed by atoms with Crippen LogP contribution in [0.2, 0.25) is 0 Å². The Hall–Kier alpha value is -2.57. The molecule has 0 bridgehead atoms. The van der Waals surface area contributed by atoms with Gasteiger partial charge in [0.1, 0.15) is 6.04 Å². The third-order valence-electron chi connectivity index (χ3n) is 4.41. The fourth-order valence-electron chi connectivity index (χ4n) is 3.20. The highest BCUT2D eigenvalue weighted by Gasteiger charge is 2.42. The number of benzene rings is 1. The molecule has 128 valence electrons. The lowest BCUT2D eigenvalue weighted by Crippen LogP contribution is -2.55. The maximum Gasteiger partial charge on any atom is 0.253 e. The number of para-hydroxylation sites is 1. The van der Waals surface area contributed by atoms with Gasteiger partial charge in [-0.2, -0.15) is 0 Å². The van der Waals surface area contributed by atoms with Crippen molar-refractivity contribution >= 4 is 23.4 Å². The molecule has 0 radical (unpaired) electrons. The average Bonchev–Trinajstić information content (AvgIpc) is 3.01. The van der Waals surface area contributed by atoms with E-state index in [9.17, 15) is 14.4 Å². The van der Waals surface area contributed by atoms with Crippen LogP contribution in [0.5, 0.6) is 0 Å². The molecule has 7 heteroatoms. The number of carbonyl (C=O) groups excluding carboxylic acids is 3. The van der Waals surface area contributed by atoms with E-state index in [1.807, 2.05) is 18.2 Å². The third kappa shape index (κ3) is 3.20. The summed E-state index contributed by atoms with van der Waals surface area (Å²) in [5, 5.41) is 8.79. The quantitative estimate of drug-likeness (QED) is 0.726. The standard InChI is InChI=1S/C17H22N4O3/c1-2-7-18-13-6-4-3-5-12(13)16(23)20-11-8-14-17(24)19-9-15(22)21(14)10-11/h3-6,11,14,18H,2,7-10H2,1H3,(H,19,24)(H,20,23)/t11-,14+/m1/s1. The average molecular weight is 330 g/mol. The van der Waals surface area contributed by atoms with Crippen LogP contribution < -0.4 is 16.0 Å². The Labute approximate surface area is 140 Å². The van der Waals surface area contributed by atoms with Gasteiger partial charge >= 0.3 is 0 Å². The van der Waals surface area contributed by atoms with Gasteiger partial charge in [0.2, 0.25) is 11.8 Å². The van der Waals surface area contributed by atoms with E-state index < -0.39 is 6.04 Å². The first-order chi connectivity index (χ1) is 11.6. The van der Waals surface area contributed by atoms with Gasteiger partial charge in [-0.15, -0.1) is 0 Å². The normalized spacial score (nSPS) is 22.8. The van der Waals surface area contributed by atoms with Crippen molar-refractivity contribution in [3.05, 3.63) is 29.8 Å². The number of anilines is 1. The minimum atomic E-state index is -0.468. The van der Waals surface area contributed by atoms with Crippen LogP contribution in [-0.2, 0) is 9.59 Å². The Bertz CT molecular complexity index is 637. The summed E-state index contributed by atoms with van der Waals surface area (Å²) < 4.78 is 0. The zero-order chi connectivity index (χ0) is 17.1. The highest BCUT2D eigenvalue weighted by atomic mass is 16.2. The van der Waals surface area contributed by atoms with Crippen molar-refractivity contribution in [3.8, 4) is 0 Å². The number of nitrogens with zero attached hydrogens (tertiary/aromatic N) is 1. The lowest BCUT2D eigenvalue weighted by atomic mass is 10.1. The molecule has 0 unspecified atom stereocenters. The van der Waals surface area contributed by atoms with Gasteiger partial charge in [-0.05, 0) is 25.0 Å².